The molecule has 0 unspecified atom stereocenters. The third kappa shape index (κ3) is 3.11. The van der Waals surface area contributed by atoms with E-state index in [0.29, 0.717) is 0 Å². The van der Waals surface area contributed by atoms with Crippen molar-refractivity contribution >= 4 is 10.8 Å². The molecule has 0 amide bonds. The van der Waals surface area contributed by atoms with Crippen molar-refractivity contribution in [3.63, 3.8) is 0 Å². The van der Waals surface area contributed by atoms with Gasteiger partial charge in [0.1, 0.15) is 0 Å². The fourth-order valence-electron chi connectivity index (χ4n) is 3.28. The lowest BCUT2D eigenvalue weighted by Gasteiger charge is -2.27. The van der Waals surface area contributed by atoms with Gasteiger partial charge in [0, 0.05) is 56.1 Å². The Morgan fingerprint density at radius 1 is 0.957 bits per heavy atom. The van der Waals surface area contributed by atoms with Gasteiger partial charge in [-0.1, -0.05) is 42.5 Å². The van der Waals surface area contributed by atoms with Crippen molar-refractivity contribution in [2.45, 2.75) is 6.54 Å². The van der Waals surface area contributed by atoms with Crippen LogP contribution in [-0.4, -0.2) is 36.1 Å². The van der Waals surface area contributed by atoms with Crippen molar-refractivity contribution in [3.8, 4) is 11.1 Å². The van der Waals surface area contributed by atoms with E-state index in [4.69, 9.17) is 0 Å². The SMILES string of the molecule is c1ccc(-c2cncc3ccc(CN4CCNCC4)cc23)cc1. The predicted octanol–water partition coefficient (Wildman–Crippen LogP) is 3.31. The van der Waals surface area contributed by atoms with E-state index in [1.54, 1.807) is 0 Å². The van der Waals surface area contributed by atoms with Gasteiger partial charge in [0.2, 0.25) is 0 Å². The molecule has 3 nitrogen and oxygen atoms in total. The van der Waals surface area contributed by atoms with Gasteiger partial charge in [0.05, 0.1) is 0 Å². The summed E-state index contributed by atoms with van der Waals surface area (Å²) in [6.45, 7) is 5.45. The Labute approximate surface area is 137 Å². The summed E-state index contributed by atoms with van der Waals surface area (Å²) in [6.07, 6.45) is 3.93. The van der Waals surface area contributed by atoms with Crippen LogP contribution in [0.1, 0.15) is 5.56 Å². The first kappa shape index (κ1) is 14.4. The maximum Gasteiger partial charge on any atom is 0.0352 e. The van der Waals surface area contributed by atoms with Crippen molar-refractivity contribution in [1.29, 1.82) is 0 Å². The van der Waals surface area contributed by atoms with Gasteiger partial charge in [-0.05, 0) is 22.6 Å². The number of aromatic nitrogens is 1. The van der Waals surface area contributed by atoms with Gasteiger partial charge in [0.25, 0.3) is 0 Å². The molecule has 116 valence electrons. The van der Waals surface area contributed by atoms with Crippen molar-refractivity contribution in [3.05, 3.63) is 66.5 Å². The van der Waals surface area contributed by atoms with E-state index in [0.717, 1.165) is 32.7 Å². The summed E-state index contributed by atoms with van der Waals surface area (Å²) in [5, 5.41) is 5.91. The normalized spacial score (nSPS) is 15.8. The van der Waals surface area contributed by atoms with Crippen molar-refractivity contribution in [2.75, 3.05) is 26.2 Å². The zero-order valence-corrected chi connectivity index (χ0v) is 13.2. The highest BCUT2D eigenvalue weighted by Crippen LogP contribution is 2.28. The van der Waals surface area contributed by atoms with E-state index in [2.05, 4.69) is 63.7 Å². The minimum Gasteiger partial charge on any atom is -0.314 e. The lowest BCUT2D eigenvalue weighted by molar-refractivity contribution is 0.233. The summed E-state index contributed by atoms with van der Waals surface area (Å²) in [6, 6.07) is 17.3. The maximum atomic E-state index is 4.42. The number of fused-ring (bicyclic) bond motifs is 1. The lowest BCUT2D eigenvalue weighted by atomic mass is 9.99. The van der Waals surface area contributed by atoms with Gasteiger partial charge in [0.15, 0.2) is 0 Å². The van der Waals surface area contributed by atoms with Gasteiger partial charge in [-0.15, -0.1) is 0 Å². The molecule has 0 spiro atoms. The maximum absolute atomic E-state index is 4.42. The molecular formula is C20H21N3. The van der Waals surface area contributed by atoms with E-state index in [1.807, 2.05) is 12.4 Å². The third-order valence-electron chi connectivity index (χ3n) is 4.53. The smallest absolute Gasteiger partial charge is 0.0352 e. The van der Waals surface area contributed by atoms with Crippen LogP contribution in [-0.2, 0) is 6.54 Å². The quantitative estimate of drug-likeness (QED) is 0.804. The molecule has 1 aromatic heterocycles. The molecule has 1 saturated heterocycles. The molecule has 23 heavy (non-hydrogen) atoms. The molecule has 1 N–H and O–H groups in total. The predicted molar refractivity (Wildman–Crippen MR) is 95.3 cm³/mol. The summed E-state index contributed by atoms with van der Waals surface area (Å²) >= 11 is 0. The van der Waals surface area contributed by atoms with Crippen LogP contribution in [0.5, 0.6) is 0 Å². The number of hydrogen-bond acceptors (Lipinski definition) is 3. The topological polar surface area (TPSA) is 28.2 Å². The van der Waals surface area contributed by atoms with Crippen molar-refractivity contribution < 1.29 is 0 Å². The first-order valence-electron chi connectivity index (χ1n) is 8.25. The molecule has 1 fully saturated rings. The molecule has 4 rings (SSSR count). The highest BCUT2D eigenvalue weighted by atomic mass is 15.2. The zero-order chi connectivity index (χ0) is 15.5. The fraction of sp³-hybridized carbons (Fsp3) is 0.250. The Bertz CT molecular complexity index is 792. The van der Waals surface area contributed by atoms with Crippen molar-refractivity contribution in [1.82, 2.24) is 15.2 Å². The lowest BCUT2D eigenvalue weighted by Crippen LogP contribution is -2.42. The van der Waals surface area contributed by atoms with Gasteiger partial charge in [-0.2, -0.15) is 0 Å². The Morgan fingerprint density at radius 2 is 1.78 bits per heavy atom. The zero-order valence-electron chi connectivity index (χ0n) is 13.2. The number of piperazine rings is 1. The molecule has 0 atom stereocenters. The summed E-state index contributed by atoms with van der Waals surface area (Å²) in [4.78, 5) is 6.93. The number of hydrogen-bond donors (Lipinski definition) is 1. The van der Waals surface area contributed by atoms with Crippen LogP contribution in [0.15, 0.2) is 60.9 Å². The molecular weight excluding hydrogens is 282 g/mol. The third-order valence-corrected chi connectivity index (χ3v) is 4.53. The van der Waals surface area contributed by atoms with Crippen LogP contribution in [0.2, 0.25) is 0 Å². The summed E-state index contributed by atoms with van der Waals surface area (Å²) in [5.41, 5.74) is 3.82. The second-order valence-corrected chi connectivity index (χ2v) is 6.13. The second kappa shape index (κ2) is 6.49. The van der Waals surface area contributed by atoms with E-state index in [1.165, 1.54) is 27.5 Å². The minimum atomic E-state index is 1.02. The Morgan fingerprint density at radius 3 is 2.61 bits per heavy atom. The van der Waals surface area contributed by atoms with E-state index < -0.39 is 0 Å². The monoisotopic (exact) mass is 303 g/mol. The highest BCUT2D eigenvalue weighted by molar-refractivity contribution is 5.96. The minimum absolute atomic E-state index is 1.02. The fourth-order valence-corrected chi connectivity index (χ4v) is 3.28. The van der Waals surface area contributed by atoms with Gasteiger partial charge >= 0.3 is 0 Å². The molecule has 1 aliphatic heterocycles. The standard InChI is InChI=1S/C20H21N3/c1-2-4-17(5-3-1)20-14-22-13-18-7-6-16(12-19(18)20)15-23-10-8-21-9-11-23/h1-7,12-14,21H,8-11,15H2. The molecule has 2 aromatic carbocycles. The molecule has 0 aliphatic carbocycles. The van der Waals surface area contributed by atoms with Gasteiger partial charge in [-0.25, -0.2) is 0 Å². The summed E-state index contributed by atoms with van der Waals surface area (Å²) < 4.78 is 0. The molecule has 0 radical (unpaired) electrons. The largest absolute Gasteiger partial charge is 0.314 e. The molecule has 2 heterocycles. The first-order chi connectivity index (χ1) is 11.4. The van der Waals surface area contributed by atoms with E-state index >= 15 is 0 Å². The second-order valence-electron chi connectivity index (χ2n) is 6.13. The van der Waals surface area contributed by atoms with Crippen LogP contribution >= 0.6 is 0 Å². The number of nitrogens with one attached hydrogen (secondary N) is 1. The number of nitrogens with zero attached hydrogens (tertiary/aromatic N) is 2. The van der Waals surface area contributed by atoms with Crippen LogP contribution in [0.4, 0.5) is 0 Å². The average Bonchev–Trinajstić information content (AvgIpc) is 2.63. The average molecular weight is 303 g/mol. The number of pyridine rings is 1. The summed E-state index contributed by atoms with van der Waals surface area (Å²) in [5.74, 6) is 0. The molecule has 0 saturated carbocycles. The van der Waals surface area contributed by atoms with Gasteiger partial charge < -0.3 is 5.32 Å². The molecule has 3 aromatic rings. The van der Waals surface area contributed by atoms with Crippen LogP contribution < -0.4 is 5.32 Å². The van der Waals surface area contributed by atoms with Crippen molar-refractivity contribution in [2.24, 2.45) is 0 Å². The van der Waals surface area contributed by atoms with Crippen LogP contribution in [0, 0.1) is 0 Å². The number of benzene rings is 2. The Kier molecular flexibility index (Phi) is 4.05. The van der Waals surface area contributed by atoms with E-state index in [-0.39, 0.29) is 0 Å². The Hall–Kier alpha value is -2.23. The molecule has 1 aliphatic rings. The Balaban J connectivity index is 1.72. The highest BCUT2D eigenvalue weighted by Gasteiger charge is 2.11. The first-order valence-corrected chi connectivity index (χ1v) is 8.25. The molecule has 3 heteroatoms. The van der Waals surface area contributed by atoms with Gasteiger partial charge in [-0.3, -0.25) is 9.88 Å². The van der Waals surface area contributed by atoms with E-state index in [9.17, 15) is 0 Å². The summed E-state index contributed by atoms with van der Waals surface area (Å²) in [7, 11) is 0. The van der Waals surface area contributed by atoms with Crippen LogP contribution in [0.25, 0.3) is 21.9 Å². The molecule has 0 bridgehead atoms. The van der Waals surface area contributed by atoms with Crippen LogP contribution in [0.3, 0.4) is 0 Å². The number of rotatable bonds is 3.